The predicted octanol–water partition coefficient (Wildman–Crippen LogP) is 2.63. The Labute approximate surface area is 116 Å². The lowest BCUT2D eigenvalue weighted by atomic mass is 10.3. The van der Waals surface area contributed by atoms with Crippen LogP contribution >= 0.6 is 11.8 Å². The first-order chi connectivity index (χ1) is 9.49. The lowest BCUT2D eigenvalue weighted by molar-refractivity contribution is -0.387. The van der Waals surface area contributed by atoms with Crippen LogP contribution in [0.25, 0.3) is 0 Å². The van der Waals surface area contributed by atoms with Gasteiger partial charge in [0.05, 0.1) is 14.7 Å². The maximum atomic E-state index is 10.9. The van der Waals surface area contributed by atoms with Crippen molar-refractivity contribution < 1.29 is 9.85 Å². The van der Waals surface area contributed by atoms with Gasteiger partial charge in [0.15, 0.2) is 0 Å². The average Bonchev–Trinajstić information content (AvgIpc) is 2.38. The number of nitro groups is 2. The molecule has 102 valence electrons. The highest BCUT2D eigenvalue weighted by Gasteiger charge is 2.17. The summed E-state index contributed by atoms with van der Waals surface area (Å²) >= 11 is 1.02. The Hall–Kier alpha value is -2.68. The fourth-order valence-electron chi connectivity index (χ4n) is 1.47. The number of anilines is 1. The van der Waals surface area contributed by atoms with Crippen LogP contribution in [0.4, 0.5) is 17.2 Å². The van der Waals surface area contributed by atoms with Gasteiger partial charge in [-0.05, 0) is 12.1 Å². The van der Waals surface area contributed by atoms with Crippen molar-refractivity contribution in [2.24, 2.45) is 0 Å². The van der Waals surface area contributed by atoms with E-state index in [0.717, 1.165) is 11.8 Å². The third-order valence-electron chi connectivity index (χ3n) is 2.35. The van der Waals surface area contributed by atoms with Gasteiger partial charge >= 0.3 is 5.69 Å². The lowest BCUT2D eigenvalue weighted by Gasteiger charge is -2.03. The summed E-state index contributed by atoms with van der Waals surface area (Å²) in [5, 5.41) is 21.9. The number of hydrogen-bond acceptors (Lipinski definition) is 7. The topological polar surface area (TPSA) is 125 Å². The van der Waals surface area contributed by atoms with Gasteiger partial charge in [-0.2, -0.15) is 0 Å². The van der Waals surface area contributed by atoms with Crippen LogP contribution in [0.2, 0.25) is 0 Å². The second-order valence-electron chi connectivity index (χ2n) is 3.64. The summed E-state index contributed by atoms with van der Waals surface area (Å²) in [7, 11) is 0. The zero-order chi connectivity index (χ0) is 14.7. The summed E-state index contributed by atoms with van der Waals surface area (Å²) in [6.07, 6.45) is 0. The summed E-state index contributed by atoms with van der Waals surface area (Å²) in [4.78, 5) is 24.6. The normalized spacial score (nSPS) is 10.2. The van der Waals surface area contributed by atoms with Gasteiger partial charge in [-0.1, -0.05) is 23.9 Å². The molecular weight excluding hydrogens is 284 g/mol. The molecule has 2 N–H and O–H groups in total. The monoisotopic (exact) mass is 292 g/mol. The largest absolute Gasteiger partial charge is 0.378 e. The Morgan fingerprint density at radius 1 is 1.00 bits per heavy atom. The van der Waals surface area contributed by atoms with Crippen molar-refractivity contribution in [2.75, 3.05) is 5.73 Å². The molecular formula is C11H8N4O4S. The number of pyridine rings is 1. The van der Waals surface area contributed by atoms with E-state index in [0.29, 0.717) is 9.92 Å². The van der Waals surface area contributed by atoms with Gasteiger partial charge in [-0.25, -0.2) is 4.98 Å². The molecule has 0 saturated heterocycles. The molecule has 1 heterocycles. The minimum Gasteiger partial charge on any atom is -0.378 e. The maximum Gasteiger partial charge on any atom is 0.311 e. The van der Waals surface area contributed by atoms with E-state index in [1.54, 1.807) is 18.2 Å². The molecule has 20 heavy (non-hydrogen) atoms. The number of para-hydroxylation sites is 1. The Morgan fingerprint density at radius 2 is 1.65 bits per heavy atom. The zero-order valence-corrected chi connectivity index (χ0v) is 10.7. The second-order valence-corrected chi connectivity index (χ2v) is 4.70. The summed E-state index contributed by atoms with van der Waals surface area (Å²) in [5.74, 6) is -0.224. The highest BCUT2D eigenvalue weighted by atomic mass is 32.2. The third kappa shape index (κ3) is 2.83. The third-order valence-corrected chi connectivity index (χ3v) is 3.35. The maximum absolute atomic E-state index is 10.9. The molecule has 0 spiro atoms. The Kier molecular flexibility index (Phi) is 3.80. The number of benzene rings is 1. The van der Waals surface area contributed by atoms with Crippen molar-refractivity contribution in [3.63, 3.8) is 0 Å². The number of hydrogen-bond donors (Lipinski definition) is 1. The molecule has 0 saturated carbocycles. The van der Waals surface area contributed by atoms with E-state index in [4.69, 9.17) is 5.73 Å². The molecule has 2 rings (SSSR count). The van der Waals surface area contributed by atoms with E-state index in [1.165, 1.54) is 18.2 Å². The van der Waals surface area contributed by atoms with E-state index < -0.39 is 9.85 Å². The SMILES string of the molecule is Nc1nc(Sc2ccccc2[N+](=O)[O-])ccc1[N+](=O)[O-]. The average molecular weight is 292 g/mol. The highest BCUT2D eigenvalue weighted by Crippen LogP contribution is 2.34. The van der Waals surface area contributed by atoms with Gasteiger partial charge in [0, 0.05) is 12.1 Å². The first-order valence-corrected chi connectivity index (χ1v) is 6.13. The number of nitrogen functional groups attached to an aromatic ring is 1. The molecule has 0 aliphatic rings. The van der Waals surface area contributed by atoms with Crippen molar-refractivity contribution in [1.29, 1.82) is 0 Å². The molecule has 0 bridgehead atoms. The molecule has 0 fully saturated rings. The molecule has 0 unspecified atom stereocenters. The molecule has 0 aliphatic carbocycles. The Balaban J connectivity index is 2.34. The number of nitrogens with zero attached hydrogens (tertiary/aromatic N) is 3. The van der Waals surface area contributed by atoms with Crippen molar-refractivity contribution >= 4 is 29.0 Å². The van der Waals surface area contributed by atoms with Crippen LogP contribution in [-0.2, 0) is 0 Å². The van der Waals surface area contributed by atoms with E-state index in [-0.39, 0.29) is 17.2 Å². The van der Waals surface area contributed by atoms with Crippen molar-refractivity contribution in [3.05, 3.63) is 56.6 Å². The fourth-order valence-corrected chi connectivity index (χ4v) is 2.37. The molecule has 0 radical (unpaired) electrons. The van der Waals surface area contributed by atoms with Crippen LogP contribution in [-0.4, -0.2) is 14.8 Å². The molecule has 8 nitrogen and oxygen atoms in total. The van der Waals surface area contributed by atoms with Crippen LogP contribution in [0.15, 0.2) is 46.3 Å². The number of nitrogens with two attached hydrogens (primary N) is 1. The predicted molar refractivity (Wildman–Crippen MR) is 72.5 cm³/mol. The summed E-state index contributed by atoms with van der Waals surface area (Å²) in [5.41, 5.74) is 5.12. The molecule has 1 aromatic heterocycles. The van der Waals surface area contributed by atoms with E-state index in [9.17, 15) is 20.2 Å². The molecule has 0 amide bonds. The number of rotatable bonds is 4. The quantitative estimate of drug-likeness (QED) is 0.678. The van der Waals surface area contributed by atoms with Crippen molar-refractivity contribution in [1.82, 2.24) is 4.98 Å². The minimum atomic E-state index is -0.637. The summed E-state index contributed by atoms with van der Waals surface area (Å²) < 4.78 is 0. The first kappa shape index (κ1) is 13.7. The first-order valence-electron chi connectivity index (χ1n) is 5.31. The van der Waals surface area contributed by atoms with E-state index in [2.05, 4.69) is 4.98 Å². The number of nitro benzene ring substituents is 1. The zero-order valence-electron chi connectivity index (χ0n) is 9.92. The molecule has 0 aliphatic heterocycles. The molecule has 9 heteroatoms. The van der Waals surface area contributed by atoms with Crippen molar-refractivity contribution in [3.8, 4) is 0 Å². The standard InChI is InChI=1S/C11H8N4O4S/c12-11-8(15(18)19)5-6-10(13-11)20-9-4-2-1-3-7(9)14(16)17/h1-6H,(H2,12,13). The second kappa shape index (κ2) is 5.53. The lowest BCUT2D eigenvalue weighted by Crippen LogP contribution is -1.99. The smallest absolute Gasteiger partial charge is 0.311 e. The molecule has 2 aromatic rings. The summed E-state index contributed by atoms with van der Waals surface area (Å²) in [6.45, 7) is 0. The van der Waals surface area contributed by atoms with Crippen LogP contribution in [0.3, 0.4) is 0 Å². The van der Waals surface area contributed by atoms with Gasteiger partial charge in [0.2, 0.25) is 5.82 Å². The minimum absolute atomic E-state index is 0.0591. The van der Waals surface area contributed by atoms with Gasteiger partial charge in [0.25, 0.3) is 5.69 Å². The van der Waals surface area contributed by atoms with E-state index >= 15 is 0 Å². The van der Waals surface area contributed by atoms with Gasteiger partial charge in [-0.15, -0.1) is 0 Å². The van der Waals surface area contributed by atoms with E-state index in [1.807, 2.05) is 0 Å². The Bertz CT molecular complexity index is 692. The van der Waals surface area contributed by atoms with Crippen LogP contribution in [0, 0.1) is 20.2 Å². The van der Waals surface area contributed by atoms with Crippen LogP contribution in [0.1, 0.15) is 0 Å². The highest BCUT2D eigenvalue weighted by molar-refractivity contribution is 7.99. The van der Waals surface area contributed by atoms with Crippen LogP contribution in [0.5, 0.6) is 0 Å². The molecule has 0 atom stereocenters. The van der Waals surface area contributed by atoms with Crippen molar-refractivity contribution in [2.45, 2.75) is 9.92 Å². The number of aromatic nitrogens is 1. The van der Waals surface area contributed by atoms with Gasteiger partial charge < -0.3 is 5.73 Å². The fraction of sp³-hybridized carbons (Fsp3) is 0. The summed E-state index contributed by atoms with van der Waals surface area (Å²) in [6, 6.07) is 8.78. The van der Waals surface area contributed by atoms with Crippen LogP contribution < -0.4 is 5.73 Å². The van der Waals surface area contributed by atoms with Gasteiger partial charge in [0.1, 0.15) is 5.03 Å². The molecule has 1 aromatic carbocycles. The Morgan fingerprint density at radius 3 is 2.25 bits per heavy atom. The van der Waals surface area contributed by atoms with Gasteiger partial charge in [-0.3, -0.25) is 20.2 Å².